The van der Waals surface area contributed by atoms with Crippen LogP contribution in [0.3, 0.4) is 0 Å². The van der Waals surface area contributed by atoms with Gasteiger partial charge < -0.3 is 24.2 Å². The van der Waals surface area contributed by atoms with Gasteiger partial charge in [-0.25, -0.2) is 4.79 Å². The molecule has 0 unspecified atom stereocenters. The van der Waals surface area contributed by atoms with Gasteiger partial charge in [0.15, 0.2) is 12.4 Å². The fourth-order valence-electron chi connectivity index (χ4n) is 4.60. The van der Waals surface area contributed by atoms with Gasteiger partial charge in [-0.2, -0.15) is 10.2 Å². The number of rotatable bonds is 8. The topological polar surface area (TPSA) is 94.0 Å². The Bertz CT molecular complexity index is 908. The Balaban J connectivity index is 1.48. The van der Waals surface area contributed by atoms with E-state index < -0.39 is 11.6 Å². The molecule has 0 bridgehead atoms. The molecule has 1 N–H and O–H groups in total. The summed E-state index contributed by atoms with van der Waals surface area (Å²) in [5.74, 6) is -0.175. The van der Waals surface area contributed by atoms with Gasteiger partial charge in [-0.3, -0.25) is 0 Å². The van der Waals surface area contributed by atoms with Crippen molar-refractivity contribution in [3.63, 3.8) is 0 Å². The maximum Gasteiger partial charge on any atom is 0.336 e. The standard InChI is InChI=1S/C24H31N3O5/c1-30-17-31-22-10-6-5-9-20(22)21-15-18(16-25-26-21)27-13-11-24(12-14-27,23(28)29)32-19-7-3-2-4-8-19/h5-6,9-10,15-16,19H,2-4,7-8,11-14,17H2,1H3,(H,28,29). The zero-order valence-electron chi connectivity index (χ0n) is 18.5. The Morgan fingerprint density at radius 2 is 1.94 bits per heavy atom. The van der Waals surface area contributed by atoms with Crippen molar-refractivity contribution in [3.05, 3.63) is 36.5 Å². The minimum absolute atomic E-state index is 0.0594. The number of methoxy groups -OCH3 is 1. The summed E-state index contributed by atoms with van der Waals surface area (Å²) in [7, 11) is 1.58. The average molecular weight is 442 g/mol. The van der Waals surface area contributed by atoms with Gasteiger partial charge in [0.25, 0.3) is 0 Å². The predicted octanol–water partition coefficient (Wildman–Crippen LogP) is 3.90. The molecule has 2 aliphatic rings. The number of nitrogens with zero attached hydrogens (tertiary/aromatic N) is 3. The summed E-state index contributed by atoms with van der Waals surface area (Å²) in [4.78, 5) is 14.3. The summed E-state index contributed by atoms with van der Waals surface area (Å²) < 4.78 is 16.9. The highest BCUT2D eigenvalue weighted by molar-refractivity contribution is 5.78. The first-order valence-corrected chi connectivity index (χ1v) is 11.3. The van der Waals surface area contributed by atoms with Crippen LogP contribution < -0.4 is 9.64 Å². The fraction of sp³-hybridized carbons (Fsp3) is 0.542. The molecule has 0 spiro atoms. The van der Waals surface area contributed by atoms with E-state index in [2.05, 4.69) is 15.1 Å². The Kier molecular flexibility index (Phi) is 7.22. The van der Waals surface area contributed by atoms with E-state index in [0.29, 0.717) is 37.4 Å². The van der Waals surface area contributed by atoms with E-state index in [9.17, 15) is 9.90 Å². The molecule has 32 heavy (non-hydrogen) atoms. The van der Waals surface area contributed by atoms with Crippen LogP contribution in [0.25, 0.3) is 11.3 Å². The number of aliphatic carboxylic acids is 1. The second kappa shape index (κ2) is 10.3. The van der Waals surface area contributed by atoms with E-state index in [4.69, 9.17) is 14.2 Å². The second-order valence-electron chi connectivity index (χ2n) is 8.51. The van der Waals surface area contributed by atoms with Crippen LogP contribution in [0.15, 0.2) is 36.5 Å². The van der Waals surface area contributed by atoms with Crippen molar-refractivity contribution in [2.75, 3.05) is 31.9 Å². The van der Waals surface area contributed by atoms with Gasteiger partial charge in [0.05, 0.1) is 23.7 Å². The van der Waals surface area contributed by atoms with Crippen molar-refractivity contribution >= 4 is 11.7 Å². The van der Waals surface area contributed by atoms with Crippen LogP contribution in [0.2, 0.25) is 0 Å². The van der Waals surface area contributed by atoms with E-state index in [1.165, 1.54) is 6.42 Å². The van der Waals surface area contributed by atoms with Crippen LogP contribution in [0.5, 0.6) is 5.75 Å². The molecule has 2 heterocycles. The zero-order valence-corrected chi connectivity index (χ0v) is 18.5. The zero-order chi connectivity index (χ0) is 22.4. The summed E-state index contributed by atoms with van der Waals surface area (Å²) in [5.41, 5.74) is 1.34. The summed E-state index contributed by atoms with van der Waals surface area (Å²) in [6.45, 7) is 1.33. The van der Waals surface area contributed by atoms with Crippen molar-refractivity contribution in [1.29, 1.82) is 0 Å². The number of carboxylic acids is 1. The summed E-state index contributed by atoms with van der Waals surface area (Å²) in [6.07, 6.45) is 8.05. The lowest BCUT2D eigenvalue weighted by Gasteiger charge is -2.42. The van der Waals surface area contributed by atoms with Crippen LogP contribution in [0, 0.1) is 0 Å². The first kappa shape index (κ1) is 22.5. The Morgan fingerprint density at radius 1 is 1.19 bits per heavy atom. The number of para-hydroxylation sites is 1. The van der Waals surface area contributed by atoms with Crippen LogP contribution in [0.1, 0.15) is 44.9 Å². The van der Waals surface area contributed by atoms with Crippen molar-refractivity contribution in [3.8, 4) is 17.0 Å². The maximum atomic E-state index is 12.2. The summed E-state index contributed by atoms with van der Waals surface area (Å²) >= 11 is 0. The van der Waals surface area contributed by atoms with Crippen LogP contribution in [0.4, 0.5) is 5.69 Å². The Morgan fingerprint density at radius 3 is 2.66 bits per heavy atom. The fourth-order valence-corrected chi connectivity index (χ4v) is 4.60. The third-order valence-corrected chi connectivity index (χ3v) is 6.41. The SMILES string of the molecule is COCOc1ccccc1-c1cc(N2CCC(OC3CCCCC3)(C(=O)O)CC2)cnn1. The van der Waals surface area contributed by atoms with E-state index in [0.717, 1.165) is 36.9 Å². The van der Waals surface area contributed by atoms with E-state index in [-0.39, 0.29) is 12.9 Å². The summed E-state index contributed by atoms with van der Waals surface area (Å²) in [5, 5.41) is 18.5. The van der Waals surface area contributed by atoms with Gasteiger partial charge in [-0.1, -0.05) is 31.4 Å². The Hall–Kier alpha value is -2.71. The Labute approximate surface area is 188 Å². The van der Waals surface area contributed by atoms with Crippen LogP contribution >= 0.6 is 0 Å². The molecule has 1 saturated heterocycles. The molecule has 1 aliphatic carbocycles. The highest BCUT2D eigenvalue weighted by atomic mass is 16.7. The molecule has 8 nitrogen and oxygen atoms in total. The number of aromatic nitrogens is 2. The number of hydrogen-bond acceptors (Lipinski definition) is 7. The lowest BCUT2D eigenvalue weighted by atomic mass is 9.89. The van der Waals surface area contributed by atoms with Crippen molar-refractivity contribution < 1.29 is 24.1 Å². The maximum absolute atomic E-state index is 12.2. The molecule has 0 radical (unpaired) electrons. The molecule has 0 amide bonds. The molecule has 172 valence electrons. The van der Waals surface area contributed by atoms with Crippen molar-refractivity contribution in [1.82, 2.24) is 10.2 Å². The van der Waals surface area contributed by atoms with Gasteiger partial charge in [-0.05, 0) is 31.0 Å². The lowest BCUT2D eigenvalue weighted by molar-refractivity contribution is -0.180. The molecule has 8 heteroatoms. The van der Waals surface area contributed by atoms with Crippen molar-refractivity contribution in [2.24, 2.45) is 0 Å². The van der Waals surface area contributed by atoms with Crippen LogP contribution in [-0.2, 0) is 14.3 Å². The normalized spacial score (nSPS) is 19.0. The minimum atomic E-state index is -1.09. The third kappa shape index (κ3) is 5.02. The lowest BCUT2D eigenvalue weighted by Crippen LogP contribution is -2.53. The molecule has 4 rings (SSSR count). The third-order valence-electron chi connectivity index (χ3n) is 6.41. The van der Waals surface area contributed by atoms with Gasteiger partial charge in [0.1, 0.15) is 5.75 Å². The second-order valence-corrected chi connectivity index (χ2v) is 8.51. The summed E-state index contributed by atoms with van der Waals surface area (Å²) in [6, 6.07) is 9.59. The number of hydrogen-bond donors (Lipinski definition) is 1. The number of anilines is 1. The number of carbonyl (C=O) groups is 1. The van der Waals surface area contributed by atoms with Gasteiger partial charge in [0, 0.05) is 38.6 Å². The number of benzene rings is 1. The minimum Gasteiger partial charge on any atom is -0.479 e. The first-order chi connectivity index (χ1) is 15.6. The smallest absolute Gasteiger partial charge is 0.336 e. The highest BCUT2D eigenvalue weighted by Gasteiger charge is 2.44. The van der Waals surface area contributed by atoms with Crippen molar-refractivity contribution in [2.45, 2.75) is 56.7 Å². The largest absolute Gasteiger partial charge is 0.479 e. The monoisotopic (exact) mass is 441 g/mol. The van der Waals surface area contributed by atoms with Gasteiger partial charge in [0.2, 0.25) is 0 Å². The van der Waals surface area contributed by atoms with Gasteiger partial charge in [-0.15, -0.1) is 0 Å². The van der Waals surface area contributed by atoms with E-state index in [1.54, 1.807) is 13.3 Å². The van der Waals surface area contributed by atoms with Gasteiger partial charge >= 0.3 is 5.97 Å². The molecule has 1 aliphatic heterocycles. The molecule has 2 aromatic rings. The number of carboxylic acid groups (broad SMARTS) is 1. The van der Waals surface area contributed by atoms with Crippen LogP contribution in [-0.4, -0.2) is 60.0 Å². The molecule has 1 aromatic carbocycles. The quantitative estimate of drug-likeness (QED) is 0.617. The molecular weight excluding hydrogens is 410 g/mol. The molecule has 1 aromatic heterocycles. The molecular formula is C24H31N3O5. The molecule has 2 fully saturated rings. The highest BCUT2D eigenvalue weighted by Crippen LogP contribution is 2.35. The average Bonchev–Trinajstić information content (AvgIpc) is 2.84. The first-order valence-electron chi connectivity index (χ1n) is 11.3. The number of ether oxygens (including phenoxy) is 3. The predicted molar refractivity (Wildman–Crippen MR) is 120 cm³/mol. The number of piperidine rings is 1. The van der Waals surface area contributed by atoms with E-state index in [1.807, 2.05) is 30.3 Å². The molecule has 0 atom stereocenters. The van der Waals surface area contributed by atoms with E-state index >= 15 is 0 Å². The molecule has 1 saturated carbocycles.